The fourth-order valence-corrected chi connectivity index (χ4v) is 6.38. The second-order valence-electron chi connectivity index (χ2n) is 11.4. The Kier molecular flexibility index (Phi) is 9.26. The van der Waals surface area contributed by atoms with Gasteiger partial charge in [-0.05, 0) is 88.7 Å². The molecule has 0 bridgehead atoms. The number of anilines is 4. The van der Waals surface area contributed by atoms with Gasteiger partial charge in [-0.15, -0.1) is 0 Å². The fraction of sp³-hybridized carbons (Fsp3) is 0.552. The molecule has 0 unspecified atom stereocenters. The predicted molar refractivity (Wildman–Crippen MR) is 164 cm³/mol. The maximum absolute atomic E-state index is 12.9. The van der Waals surface area contributed by atoms with E-state index in [2.05, 4.69) is 49.7 Å². The largest absolute Gasteiger partial charge is 0.488 e. The molecule has 2 aromatic heterocycles. The lowest BCUT2D eigenvalue weighted by Crippen LogP contribution is -2.35. The summed E-state index contributed by atoms with van der Waals surface area (Å²) in [6, 6.07) is 4.28. The number of methoxy groups -OCH3 is 1. The SMILES string of the molecule is COCCN1CCC(c2cc(OC3CC3)c(Nc3ncc(Cl)c(Nc4cn(C)nc4S(=O)(=O)C(C)C)n3)cc2C)CC1. The zero-order valence-corrected chi connectivity index (χ0v) is 26.4. The second kappa shape index (κ2) is 12.7. The highest BCUT2D eigenvalue weighted by atomic mass is 35.5. The van der Waals surface area contributed by atoms with Crippen LogP contribution in [0.3, 0.4) is 0 Å². The minimum Gasteiger partial charge on any atom is -0.488 e. The third kappa shape index (κ3) is 6.99. The Morgan fingerprint density at radius 2 is 1.86 bits per heavy atom. The summed E-state index contributed by atoms with van der Waals surface area (Å²) >= 11 is 6.44. The van der Waals surface area contributed by atoms with Gasteiger partial charge in [0.2, 0.25) is 20.8 Å². The van der Waals surface area contributed by atoms with Crippen molar-refractivity contribution < 1.29 is 17.9 Å². The molecule has 2 aliphatic rings. The van der Waals surface area contributed by atoms with Crippen LogP contribution in [0.1, 0.15) is 56.6 Å². The Hall–Kier alpha value is -2.93. The van der Waals surface area contributed by atoms with Crippen molar-refractivity contribution in [1.29, 1.82) is 0 Å². The number of aromatic nitrogens is 4. The summed E-state index contributed by atoms with van der Waals surface area (Å²) < 4.78 is 38.8. The van der Waals surface area contributed by atoms with Gasteiger partial charge in [0.15, 0.2) is 5.82 Å². The molecule has 1 aliphatic heterocycles. The number of piperidine rings is 1. The Labute approximate surface area is 252 Å². The summed E-state index contributed by atoms with van der Waals surface area (Å²) in [7, 11) is -0.226. The van der Waals surface area contributed by atoms with E-state index in [-0.39, 0.29) is 22.0 Å². The van der Waals surface area contributed by atoms with Crippen LogP contribution in [0.4, 0.5) is 23.1 Å². The monoisotopic (exact) mass is 617 g/mol. The highest BCUT2D eigenvalue weighted by Crippen LogP contribution is 2.40. The van der Waals surface area contributed by atoms with Crippen LogP contribution in [0.25, 0.3) is 0 Å². The minimum absolute atomic E-state index is 0.0555. The molecular formula is C29H40ClN7O4S. The first kappa shape index (κ1) is 30.5. The molecule has 13 heteroatoms. The van der Waals surface area contributed by atoms with Crippen molar-refractivity contribution in [1.82, 2.24) is 24.6 Å². The number of hydrogen-bond acceptors (Lipinski definition) is 10. The molecule has 5 rings (SSSR count). The molecule has 0 radical (unpaired) electrons. The van der Waals surface area contributed by atoms with E-state index in [1.165, 1.54) is 22.0 Å². The van der Waals surface area contributed by atoms with Crippen LogP contribution in [-0.4, -0.2) is 77.8 Å². The molecule has 1 saturated carbocycles. The van der Waals surface area contributed by atoms with Gasteiger partial charge in [0, 0.05) is 26.9 Å². The second-order valence-corrected chi connectivity index (χ2v) is 14.2. The van der Waals surface area contributed by atoms with Gasteiger partial charge in [-0.3, -0.25) is 4.68 Å². The van der Waals surface area contributed by atoms with Gasteiger partial charge in [0.05, 0.1) is 35.5 Å². The number of benzene rings is 1. The van der Waals surface area contributed by atoms with E-state index in [1.54, 1.807) is 34.2 Å². The first-order valence-corrected chi connectivity index (χ1v) is 16.3. The zero-order chi connectivity index (χ0) is 30.0. The van der Waals surface area contributed by atoms with Gasteiger partial charge in [-0.25, -0.2) is 13.4 Å². The van der Waals surface area contributed by atoms with E-state index >= 15 is 0 Å². The summed E-state index contributed by atoms with van der Waals surface area (Å²) in [6.45, 7) is 9.20. The number of sulfone groups is 1. The minimum atomic E-state index is -3.64. The van der Waals surface area contributed by atoms with E-state index in [9.17, 15) is 8.42 Å². The summed E-state index contributed by atoms with van der Waals surface area (Å²) in [5.41, 5.74) is 3.57. The summed E-state index contributed by atoms with van der Waals surface area (Å²) in [6.07, 6.45) is 7.56. The average Bonchev–Trinajstić information content (AvgIpc) is 3.70. The molecule has 11 nitrogen and oxygen atoms in total. The van der Waals surface area contributed by atoms with Gasteiger partial charge in [0.25, 0.3) is 0 Å². The summed E-state index contributed by atoms with van der Waals surface area (Å²) in [4.78, 5) is 11.4. The number of rotatable bonds is 12. The molecule has 1 aromatic carbocycles. The molecule has 0 atom stereocenters. The van der Waals surface area contributed by atoms with Crippen molar-refractivity contribution in [2.24, 2.45) is 7.05 Å². The van der Waals surface area contributed by atoms with Crippen LogP contribution in [-0.2, 0) is 21.6 Å². The van der Waals surface area contributed by atoms with Crippen LogP contribution in [0.2, 0.25) is 5.02 Å². The lowest BCUT2D eigenvalue weighted by molar-refractivity contribution is 0.130. The number of nitrogens with one attached hydrogen (secondary N) is 2. The van der Waals surface area contributed by atoms with E-state index < -0.39 is 15.1 Å². The summed E-state index contributed by atoms with van der Waals surface area (Å²) in [5, 5.41) is 10.1. The van der Waals surface area contributed by atoms with E-state index in [4.69, 9.17) is 21.1 Å². The predicted octanol–water partition coefficient (Wildman–Crippen LogP) is 5.21. The third-order valence-corrected chi connectivity index (χ3v) is 10.1. The molecule has 0 amide bonds. The molecule has 42 heavy (non-hydrogen) atoms. The Morgan fingerprint density at radius 1 is 1.12 bits per heavy atom. The molecule has 228 valence electrons. The van der Waals surface area contributed by atoms with Crippen LogP contribution in [0.5, 0.6) is 5.75 Å². The quantitative estimate of drug-likeness (QED) is 0.280. The molecule has 1 aliphatic carbocycles. The molecule has 2 fully saturated rings. The van der Waals surface area contributed by atoms with Crippen molar-refractivity contribution in [3.05, 3.63) is 40.7 Å². The number of aryl methyl sites for hydroxylation is 2. The molecule has 1 saturated heterocycles. The maximum Gasteiger partial charge on any atom is 0.229 e. The van der Waals surface area contributed by atoms with Crippen LogP contribution < -0.4 is 15.4 Å². The zero-order valence-electron chi connectivity index (χ0n) is 24.9. The van der Waals surface area contributed by atoms with Crippen molar-refractivity contribution in [3.8, 4) is 5.75 Å². The van der Waals surface area contributed by atoms with Crippen molar-refractivity contribution in [2.75, 3.05) is 44.0 Å². The van der Waals surface area contributed by atoms with E-state index in [0.717, 1.165) is 63.4 Å². The van der Waals surface area contributed by atoms with Crippen LogP contribution in [0, 0.1) is 6.92 Å². The van der Waals surface area contributed by atoms with Crippen molar-refractivity contribution >= 4 is 44.6 Å². The Morgan fingerprint density at radius 3 is 2.52 bits per heavy atom. The van der Waals surface area contributed by atoms with Gasteiger partial charge >= 0.3 is 0 Å². The number of nitrogens with zero attached hydrogens (tertiary/aromatic N) is 5. The van der Waals surface area contributed by atoms with E-state index in [1.807, 2.05) is 0 Å². The third-order valence-electron chi connectivity index (χ3n) is 7.75. The van der Waals surface area contributed by atoms with Crippen LogP contribution >= 0.6 is 11.6 Å². The molecule has 3 heterocycles. The highest BCUT2D eigenvalue weighted by molar-refractivity contribution is 7.92. The standard InChI is InChI=1S/C29H40ClN7O4S/c1-18(2)42(38,39)28-25(17-36(4)35-28)32-27-23(30)16-31-29(34-27)33-24-14-19(3)22(15-26(24)41-21-6-7-21)20-8-10-37(11-9-20)12-13-40-5/h14-18,20-21H,6-13H2,1-5H3,(H2,31,32,33,34). The average molecular weight is 618 g/mol. The fourth-order valence-electron chi connectivity index (χ4n) is 5.14. The Balaban J connectivity index is 1.38. The topological polar surface area (TPSA) is 123 Å². The number of ether oxygens (including phenoxy) is 2. The highest BCUT2D eigenvalue weighted by Gasteiger charge is 2.29. The molecule has 3 aromatic rings. The summed E-state index contributed by atoms with van der Waals surface area (Å²) in [5.74, 6) is 1.82. The van der Waals surface area contributed by atoms with Crippen LogP contribution in [0.15, 0.2) is 29.6 Å². The van der Waals surface area contributed by atoms with Crippen molar-refractivity contribution in [2.45, 2.75) is 68.8 Å². The first-order chi connectivity index (χ1) is 20.0. The molecular weight excluding hydrogens is 578 g/mol. The van der Waals surface area contributed by atoms with Gasteiger partial charge in [0.1, 0.15) is 10.8 Å². The number of hydrogen-bond donors (Lipinski definition) is 2. The lowest BCUT2D eigenvalue weighted by Gasteiger charge is -2.33. The normalized spacial score (nSPS) is 16.6. The van der Waals surface area contributed by atoms with Crippen molar-refractivity contribution in [3.63, 3.8) is 0 Å². The maximum atomic E-state index is 12.9. The van der Waals surface area contributed by atoms with E-state index in [0.29, 0.717) is 17.6 Å². The molecule has 2 N–H and O–H groups in total. The van der Waals surface area contributed by atoms with Gasteiger partial charge < -0.3 is 25.0 Å². The number of halogens is 1. The molecule has 0 spiro atoms. The first-order valence-electron chi connectivity index (χ1n) is 14.4. The Bertz CT molecular complexity index is 1520. The van der Waals surface area contributed by atoms with Gasteiger partial charge in [-0.1, -0.05) is 11.6 Å². The lowest BCUT2D eigenvalue weighted by atomic mass is 9.86. The smallest absolute Gasteiger partial charge is 0.229 e. The van der Waals surface area contributed by atoms with Gasteiger partial charge in [-0.2, -0.15) is 10.1 Å². The number of likely N-dealkylation sites (tertiary alicyclic amines) is 1.